The van der Waals surface area contributed by atoms with Gasteiger partial charge in [0.25, 0.3) is 5.91 Å². The number of halogens is 1. The average molecular weight is 422 g/mol. The van der Waals surface area contributed by atoms with E-state index in [-0.39, 0.29) is 5.91 Å². The Hall–Kier alpha value is -3.16. The Morgan fingerprint density at radius 1 is 1.03 bits per heavy atom. The third kappa shape index (κ3) is 4.64. The summed E-state index contributed by atoms with van der Waals surface area (Å²) in [6, 6.07) is 16.5. The molecule has 8 heteroatoms. The molecule has 4 rings (SSSR count). The molecule has 0 saturated heterocycles. The molecule has 0 saturated carbocycles. The summed E-state index contributed by atoms with van der Waals surface area (Å²) in [6.45, 7) is 0.505. The fraction of sp³-hybridized carbons (Fsp3) is 0.0476. The van der Waals surface area contributed by atoms with Gasteiger partial charge in [0.15, 0.2) is 0 Å². The van der Waals surface area contributed by atoms with Crippen LogP contribution in [0.25, 0.3) is 0 Å². The van der Waals surface area contributed by atoms with Gasteiger partial charge in [0.05, 0.1) is 23.3 Å². The lowest BCUT2D eigenvalue weighted by Gasteiger charge is -2.11. The lowest BCUT2D eigenvalue weighted by atomic mass is 10.2. The number of nitrogens with one attached hydrogen (secondary N) is 1. The van der Waals surface area contributed by atoms with E-state index < -0.39 is 0 Å². The number of carbonyl (C=O) groups is 1. The maximum Gasteiger partial charge on any atom is 0.259 e. The van der Waals surface area contributed by atoms with Crippen LogP contribution in [0, 0.1) is 0 Å². The average Bonchev–Trinajstić information content (AvgIpc) is 3.17. The van der Waals surface area contributed by atoms with Crippen molar-refractivity contribution in [2.24, 2.45) is 0 Å². The van der Waals surface area contributed by atoms with Crippen molar-refractivity contribution in [3.63, 3.8) is 0 Å². The zero-order valence-electron chi connectivity index (χ0n) is 15.2. The molecule has 0 unspecified atom stereocenters. The molecule has 1 aromatic carbocycles. The summed E-state index contributed by atoms with van der Waals surface area (Å²) in [5.74, 6) is 0.331. The number of pyridine rings is 2. The highest BCUT2D eigenvalue weighted by molar-refractivity contribution is 7.99. The van der Waals surface area contributed by atoms with Crippen molar-refractivity contribution in [2.45, 2.75) is 16.5 Å². The minimum Gasteiger partial charge on any atom is -0.307 e. The number of hydrogen-bond donors (Lipinski definition) is 1. The van der Waals surface area contributed by atoms with Crippen LogP contribution in [0.1, 0.15) is 15.9 Å². The van der Waals surface area contributed by atoms with Gasteiger partial charge in [0.2, 0.25) is 0 Å². The molecule has 1 N–H and O–H groups in total. The third-order valence-electron chi connectivity index (χ3n) is 4.07. The molecule has 0 aliphatic rings. The molecule has 0 aliphatic heterocycles. The van der Waals surface area contributed by atoms with E-state index in [0.717, 1.165) is 10.5 Å². The smallest absolute Gasteiger partial charge is 0.259 e. The van der Waals surface area contributed by atoms with Gasteiger partial charge in [-0.3, -0.25) is 9.78 Å². The highest BCUT2D eigenvalue weighted by Crippen LogP contribution is 2.33. The fourth-order valence-electron chi connectivity index (χ4n) is 2.69. The molecule has 3 aromatic heterocycles. The second kappa shape index (κ2) is 8.89. The Labute approximate surface area is 177 Å². The summed E-state index contributed by atoms with van der Waals surface area (Å²) >= 11 is 7.61. The van der Waals surface area contributed by atoms with E-state index in [1.165, 1.54) is 11.8 Å². The summed E-state index contributed by atoms with van der Waals surface area (Å²) in [4.78, 5) is 22.3. The van der Waals surface area contributed by atoms with E-state index in [1.54, 1.807) is 47.7 Å². The molecule has 0 atom stereocenters. The van der Waals surface area contributed by atoms with Crippen LogP contribution < -0.4 is 5.32 Å². The van der Waals surface area contributed by atoms with E-state index in [9.17, 15) is 4.79 Å². The van der Waals surface area contributed by atoms with Gasteiger partial charge in [0, 0.05) is 29.6 Å². The number of rotatable bonds is 6. The van der Waals surface area contributed by atoms with E-state index >= 15 is 0 Å². The van der Waals surface area contributed by atoms with Crippen LogP contribution in [0.3, 0.4) is 0 Å². The Balaban J connectivity index is 1.55. The summed E-state index contributed by atoms with van der Waals surface area (Å²) in [5, 5.41) is 8.41. The number of anilines is 1. The monoisotopic (exact) mass is 421 g/mol. The highest BCUT2D eigenvalue weighted by Gasteiger charge is 2.16. The van der Waals surface area contributed by atoms with Crippen LogP contribution in [0.2, 0.25) is 5.02 Å². The second-order valence-corrected chi connectivity index (χ2v) is 7.52. The minimum atomic E-state index is -0.263. The van der Waals surface area contributed by atoms with Gasteiger partial charge in [-0.15, -0.1) is 0 Å². The first-order valence-corrected chi connectivity index (χ1v) is 9.99. The molecular weight excluding hydrogens is 406 g/mol. The SMILES string of the molecule is O=C(Nc1ccnn1Cc1cccnc1)c1cccnc1Sc1ccccc1Cl. The van der Waals surface area contributed by atoms with Crippen LogP contribution in [-0.2, 0) is 6.54 Å². The van der Waals surface area contributed by atoms with Gasteiger partial charge in [-0.25, -0.2) is 9.67 Å². The molecular formula is C21H16ClN5OS. The molecule has 3 heterocycles. The van der Waals surface area contributed by atoms with Crippen LogP contribution in [0.5, 0.6) is 0 Å². The van der Waals surface area contributed by atoms with E-state index in [1.807, 2.05) is 36.4 Å². The van der Waals surface area contributed by atoms with E-state index in [4.69, 9.17) is 11.6 Å². The van der Waals surface area contributed by atoms with Crippen molar-refractivity contribution < 1.29 is 4.79 Å². The van der Waals surface area contributed by atoms with E-state index in [0.29, 0.717) is 28.0 Å². The van der Waals surface area contributed by atoms with Crippen molar-refractivity contribution in [2.75, 3.05) is 5.32 Å². The molecule has 0 fully saturated rings. The summed E-state index contributed by atoms with van der Waals surface area (Å²) in [5.41, 5.74) is 1.45. The van der Waals surface area contributed by atoms with E-state index in [2.05, 4.69) is 20.4 Å². The van der Waals surface area contributed by atoms with Crippen molar-refractivity contribution in [1.29, 1.82) is 0 Å². The first-order chi connectivity index (χ1) is 14.2. The quantitative estimate of drug-likeness (QED) is 0.485. The molecule has 0 radical (unpaired) electrons. The standard InChI is InChI=1S/C21H16ClN5OS/c22-17-7-1-2-8-18(17)29-21-16(6-4-11-24-21)20(28)26-19-9-12-25-27(19)14-15-5-3-10-23-13-15/h1-13H,14H2,(H,26,28). The Morgan fingerprint density at radius 3 is 2.72 bits per heavy atom. The number of nitrogens with zero attached hydrogens (tertiary/aromatic N) is 4. The maximum absolute atomic E-state index is 13.0. The normalized spacial score (nSPS) is 10.7. The number of aromatic nitrogens is 4. The van der Waals surface area contributed by atoms with Crippen molar-refractivity contribution in [3.8, 4) is 0 Å². The lowest BCUT2D eigenvalue weighted by molar-refractivity contribution is 0.102. The van der Waals surface area contributed by atoms with Crippen molar-refractivity contribution in [3.05, 3.63) is 95.5 Å². The van der Waals surface area contributed by atoms with Crippen LogP contribution >= 0.6 is 23.4 Å². The largest absolute Gasteiger partial charge is 0.307 e. The molecule has 0 spiro atoms. The molecule has 0 aliphatic carbocycles. The highest BCUT2D eigenvalue weighted by atomic mass is 35.5. The molecule has 29 heavy (non-hydrogen) atoms. The first-order valence-electron chi connectivity index (χ1n) is 8.80. The summed E-state index contributed by atoms with van der Waals surface area (Å²) in [6.07, 6.45) is 6.79. The molecule has 0 bridgehead atoms. The predicted molar refractivity (Wildman–Crippen MR) is 113 cm³/mol. The fourth-order valence-corrected chi connectivity index (χ4v) is 3.85. The van der Waals surface area contributed by atoms with Crippen molar-refractivity contribution >= 4 is 35.1 Å². The van der Waals surface area contributed by atoms with Gasteiger partial charge < -0.3 is 5.32 Å². The lowest BCUT2D eigenvalue weighted by Crippen LogP contribution is -2.17. The predicted octanol–water partition coefficient (Wildman–Crippen LogP) is 4.78. The van der Waals surface area contributed by atoms with Gasteiger partial charge in [-0.1, -0.05) is 41.6 Å². The Morgan fingerprint density at radius 2 is 1.90 bits per heavy atom. The molecule has 1 amide bonds. The first kappa shape index (κ1) is 19.2. The summed E-state index contributed by atoms with van der Waals surface area (Å²) in [7, 11) is 0. The van der Waals surface area contributed by atoms with Gasteiger partial charge in [-0.05, 0) is 35.9 Å². The van der Waals surface area contributed by atoms with Gasteiger partial charge in [0.1, 0.15) is 10.8 Å². The second-order valence-electron chi connectivity index (χ2n) is 6.08. The van der Waals surface area contributed by atoms with Crippen molar-refractivity contribution in [1.82, 2.24) is 19.7 Å². The number of amides is 1. The zero-order chi connectivity index (χ0) is 20.1. The number of benzene rings is 1. The molecule has 6 nitrogen and oxygen atoms in total. The topological polar surface area (TPSA) is 72.7 Å². The van der Waals surface area contributed by atoms with Crippen LogP contribution in [-0.4, -0.2) is 25.7 Å². The van der Waals surface area contributed by atoms with Gasteiger partial charge >= 0.3 is 0 Å². The zero-order valence-corrected chi connectivity index (χ0v) is 16.8. The third-order valence-corrected chi connectivity index (χ3v) is 5.61. The number of hydrogen-bond acceptors (Lipinski definition) is 5. The molecule has 144 valence electrons. The van der Waals surface area contributed by atoms with Gasteiger partial charge in [-0.2, -0.15) is 5.10 Å². The summed E-state index contributed by atoms with van der Waals surface area (Å²) < 4.78 is 1.71. The number of carbonyl (C=O) groups excluding carboxylic acids is 1. The van der Waals surface area contributed by atoms with Crippen LogP contribution in [0.4, 0.5) is 5.82 Å². The minimum absolute atomic E-state index is 0.263. The Kier molecular flexibility index (Phi) is 5.88. The molecule has 4 aromatic rings. The Bertz CT molecular complexity index is 1130. The van der Waals surface area contributed by atoms with Crippen LogP contribution in [0.15, 0.2) is 89.3 Å². The maximum atomic E-state index is 13.0.